The Labute approximate surface area is 117 Å². The summed E-state index contributed by atoms with van der Waals surface area (Å²) in [6, 6.07) is 11.4. The number of hydrogen-bond acceptors (Lipinski definition) is 3. The van der Waals surface area contributed by atoms with E-state index in [1.165, 1.54) is 19.2 Å². The first-order valence-electron chi connectivity index (χ1n) is 6.26. The number of halogens is 1. The van der Waals surface area contributed by atoms with Gasteiger partial charge in [-0.1, -0.05) is 25.1 Å². The Morgan fingerprint density at radius 1 is 1.20 bits per heavy atom. The number of carbonyl (C=O) groups is 1. The molecular weight excluding hydrogens is 257 g/mol. The predicted octanol–water partition coefficient (Wildman–Crippen LogP) is 3.35. The standard InChI is InChI=1S/C16H16FNO2/c1-10(11-3-5-12(17)6-4-11)14-8-7-13(18)9-15(14)16(19)20-2/h3-10H,18H2,1-2H3. The quantitative estimate of drug-likeness (QED) is 0.689. The summed E-state index contributed by atoms with van der Waals surface area (Å²) < 4.78 is 17.8. The fourth-order valence-corrected chi connectivity index (χ4v) is 2.17. The van der Waals surface area contributed by atoms with Gasteiger partial charge in [0.25, 0.3) is 0 Å². The Morgan fingerprint density at radius 2 is 1.85 bits per heavy atom. The van der Waals surface area contributed by atoms with Crippen LogP contribution in [-0.4, -0.2) is 13.1 Å². The highest BCUT2D eigenvalue weighted by Crippen LogP contribution is 2.28. The third-order valence-corrected chi connectivity index (χ3v) is 3.32. The molecule has 20 heavy (non-hydrogen) atoms. The van der Waals surface area contributed by atoms with Crippen molar-refractivity contribution < 1.29 is 13.9 Å². The average Bonchev–Trinajstić information content (AvgIpc) is 2.46. The van der Waals surface area contributed by atoms with Crippen molar-refractivity contribution in [3.05, 3.63) is 65.0 Å². The molecule has 0 aliphatic rings. The summed E-state index contributed by atoms with van der Waals surface area (Å²) in [6.45, 7) is 1.95. The average molecular weight is 273 g/mol. The lowest BCUT2D eigenvalue weighted by molar-refractivity contribution is 0.0599. The van der Waals surface area contributed by atoms with E-state index in [4.69, 9.17) is 10.5 Å². The second-order valence-corrected chi connectivity index (χ2v) is 4.61. The molecule has 2 aromatic carbocycles. The van der Waals surface area contributed by atoms with Gasteiger partial charge >= 0.3 is 5.97 Å². The smallest absolute Gasteiger partial charge is 0.338 e. The largest absolute Gasteiger partial charge is 0.465 e. The van der Waals surface area contributed by atoms with Crippen LogP contribution >= 0.6 is 0 Å². The fraction of sp³-hybridized carbons (Fsp3) is 0.188. The Kier molecular flexibility index (Phi) is 4.03. The molecule has 1 unspecified atom stereocenters. The minimum absolute atomic E-state index is 0.0645. The summed E-state index contributed by atoms with van der Waals surface area (Å²) in [5.41, 5.74) is 8.38. The molecule has 0 saturated heterocycles. The van der Waals surface area contributed by atoms with E-state index in [1.807, 2.05) is 6.92 Å². The Morgan fingerprint density at radius 3 is 2.45 bits per heavy atom. The Hall–Kier alpha value is -2.36. The molecule has 3 nitrogen and oxygen atoms in total. The van der Waals surface area contributed by atoms with E-state index >= 15 is 0 Å². The highest BCUT2D eigenvalue weighted by Gasteiger charge is 2.18. The van der Waals surface area contributed by atoms with Crippen molar-refractivity contribution in [2.45, 2.75) is 12.8 Å². The predicted molar refractivity (Wildman–Crippen MR) is 76.1 cm³/mol. The third-order valence-electron chi connectivity index (χ3n) is 3.32. The van der Waals surface area contributed by atoms with Crippen LogP contribution in [0.4, 0.5) is 10.1 Å². The molecular formula is C16H16FNO2. The van der Waals surface area contributed by atoms with Crippen LogP contribution in [-0.2, 0) is 4.74 Å². The van der Waals surface area contributed by atoms with Crippen LogP contribution in [0.1, 0.15) is 34.3 Å². The number of nitrogen functional groups attached to an aromatic ring is 1. The van der Waals surface area contributed by atoms with Crippen molar-refractivity contribution in [2.24, 2.45) is 0 Å². The molecule has 0 aromatic heterocycles. The second kappa shape index (κ2) is 5.74. The summed E-state index contributed by atoms with van der Waals surface area (Å²) in [5, 5.41) is 0. The van der Waals surface area contributed by atoms with Gasteiger partial charge in [0.2, 0.25) is 0 Å². The SMILES string of the molecule is COC(=O)c1cc(N)ccc1C(C)c1ccc(F)cc1. The van der Waals surface area contributed by atoms with Crippen molar-refractivity contribution in [3.8, 4) is 0 Å². The van der Waals surface area contributed by atoms with E-state index in [9.17, 15) is 9.18 Å². The van der Waals surface area contributed by atoms with Crippen LogP contribution in [0.25, 0.3) is 0 Å². The van der Waals surface area contributed by atoms with Gasteiger partial charge in [0.1, 0.15) is 5.82 Å². The van der Waals surface area contributed by atoms with Crippen molar-refractivity contribution in [2.75, 3.05) is 12.8 Å². The highest BCUT2D eigenvalue weighted by molar-refractivity contribution is 5.92. The minimum Gasteiger partial charge on any atom is -0.465 e. The summed E-state index contributed by atoms with van der Waals surface area (Å²) in [7, 11) is 1.33. The van der Waals surface area contributed by atoms with E-state index in [0.29, 0.717) is 11.3 Å². The molecule has 4 heteroatoms. The maximum Gasteiger partial charge on any atom is 0.338 e. The molecule has 0 aliphatic heterocycles. The van der Waals surface area contributed by atoms with Crippen molar-refractivity contribution >= 4 is 11.7 Å². The lowest BCUT2D eigenvalue weighted by atomic mass is 9.89. The number of esters is 1. The fourth-order valence-electron chi connectivity index (χ4n) is 2.17. The molecule has 0 aliphatic carbocycles. The summed E-state index contributed by atoms with van der Waals surface area (Å²) in [5.74, 6) is -0.780. The maximum absolute atomic E-state index is 13.0. The summed E-state index contributed by atoms with van der Waals surface area (Å²) in [4.78, 5) is 11.8. The highest BCUT2D eigenvalue weighted by atomic mass is 19.1. The zero-order valence-corrected chi connectivity index (χ0v) is 11.4. The first-order chi connectivity index (χ1) is 9.52. The molecule has 2 N–H and O–H groups in total. The van der Waals surface area contributed by atoms with E-state index in [1.54, 1.807) is 30.3 Å². The number of nitrogens with two attached hydrogens (primary N) is 1. The van der Waals surface area contributed by atoms with Crippen LogP contribution in [0.3, 0.4) is 0 Å². The van der Waals surface area contributed by atoms with Crippen molar-refractivity contribution in [1.82, 2.24) is 0 Å². The number of ether oxygens (including phenoxy) is 1. The first-order valence-corrected chi connectivity index (χ1v) is 6.26. The van der Waals surface area contributed by atoms with E-state index in [-0.39, 0.29) is 11.7 Å². The molecule has 1 atom stereocenters. The number of hydrogen-bond donors (Lipinski definition) is 1. The molecule has 0 bridgehead atoms. The lowest BCUT2D eigenvalue weighted by Gasteiger charge is -2.16. The van der Waals surface area contributed by atoms with E-state index in [0.717, 1.165) is 11.1 Å². The Balaban J connectivity index is 2.46. The van der Waals surface area contributed by atoms with Gasteiger partial charge in [-0.2, -0.15) is 0 Å². The molecule has 2 aromatic rings. The van der Waals surface area contributed by atoms with Crippen LogP contribution in [0.15, 0.2) is 42.5 Å². The molecule has 0 heterocycles. The Bertz CT molecular complexity index is 623. The van der Waals surface area contributed by atoms with Crippen molar-refractivity contribution in [1.29, 1.82) is 0 Å². The topological polar surface area (TPSA) is 52.3 Å². The first kappa shape index (κ1) is 14.1. The number of anilines is 1. The van der Waals surface area contributed by atoms with Gasteiger partial charge in [-0.05, 0) is 35.4 Å². The van der Waals surface area contributed by atoms with Crippen LogP contribution in [0, 0.1) is 5.82 Å². The summed E-state index contributed by atoms with van der Waals surface area (Å²) >= 11 is 0. The number of carbonyl (C=O) groups excluding carboxylic acids is 1. The van der Waals surface area contributed by atoms with Gasteiger partial charge < -0.3 is 10.5 Å². The van der Waals surface area contributed by atoms with Crippen molar-refractivity contribution in [3.63, 3.8) is 0 Å². The summed E-state index contributed by atoms with van der Waals surface area (Å²) in [6.07, 6.45) is 0. The molecule has 0 amide bonds. The number of methoxy groups -OCH3 is 1. The zero-order valence-electron chi connectivity index (χ0n) is 11.4. The second-order valence-electron chi connectivity index (χ2n) is 4.61. The molecule has 0 spiro atoms. The van der Waals surface area contributed by atoms with Gasteiger partial charge in [-0.25, -0.2) is 9.18 Å². The molecule has 0 saturated carbocycles. The van der Waals surface area contributed by atoms with Gasteiger partial charge in [-0.15, -0.1) is 0 Å². The van der Waals surface area contributed by atoms with Gasteiger partial charge in [0.05, 0.1) is 12.7 Å². The number of benzene rings is 2. The number of rotatable bonds is 3. The van der Waals surface area contributed by atoms with E-state index < -0.39 is 5.97 Å². The van der Waals surface area contributed by atoms with Gasteiger partial charge in [0, 0.05) is 11.6 Å². The minimum atomic E-state index is -0.429. The monoisotopic (exact) mass is 273 g/mol. The van der Waals surface area contributed by atoms with Crippen LogP contribution in [0.5, 0.6) is 0 Å². The maximum atomic E-state index is 13.0. The van der Waals surface area contributed by atoms with E-state index in [2.05, 4.69) is 0 Å². The molecule has 104 valence electrons. The molecule has 2 rings (SSSR count). The zero-order chi connectivity index (χ0) is 14.7. The third kappa shape index (κ3) is 2.79. The normalized spacial score (nSPS) is 11.9. The van der Waals surface area contributed by atoms with Crippen LogP contribution < -0.4 is 5.73 Å². The molecule has 0 fully saturated rings. The van der Waals surface area contributed by atoms with Gasteiger partial charge in [0.15, 0.2) is 0 Å². The van der Waals surface area contributed by atoms with Crippen LogP contribution in [0.2, 0.25) is 0 Å². The molecule has 0 radical (unpaired) electrons. The van der Waals surface area contributed by atoms with Gasteiger partial charge in [-0.3, -0.25) is 0 Å². The lowest BCUT2D eigenvalue weighted by Crippen LogP contribution is -2.09.